The van der Waals surface area contributed by atoms with Crippen LogP contribution in [0.3, 0.4) is 0 Å². The van der Waals surface area contributed by atoms with Gasteiger partial charge in [0.2, 0.25) is 0 Å². The van der Waals surface area contributed by atoms with Crippen LogP contribution < -0.4 is 5.32 Å². The van der Waals surface area contributed by atoms with E-state index in [1.54, 1.807) is 6.92 Å². The van der Waals surface area contributed by atoms with Gasteiger partial charge in [-0.25, -0.2) is 0 Å². The van der Waals surface area contributed by atoms with Gasteiger partial charge in [-0.1, -0.05) is 12.1 Å². The van der Waals surface area contributed by atoms with Gasteiger partial charge in [0.05, 0.1) is 0 Å². The highest BCUT2D eigenvalue weighted by Crippen LogP contribution is 2.12. The monoisotopic (exact) mass is 269 g/mol. The second-order valence-electron chi connectivity index (χ2n) is 4.60. The molecule has 0 radical (unpaired) electrons. The summed E-state index contributed by atoms with van der Waals surface area (Å²) in [6, 6.07) is 0. The van der Waals surface area contributed by atoms with Crippen LogP contribution in [0.1, 0.15) is 41.6 Å². The van der Waals surface area contributed by atoms with Crippen molar-refractivity contribution in [3.05, 3.63) is 17.0 Å². The largest absolute Gasteiger partial charge is 0.388 e. The van der Waals surface area contributed by atoms with Crippen LogP contribution in [0.5, 0.6) is 0 Å². The lowest BCUT2D eigenvalue weighted by Gasteiger charge is -2.13. The van der Waals surface area contributed by atoms with Crippen LogP contribution in [0.2, 0.25) is 0 Å². The first-order chi connectivity index (χ1) is 9.10. The molecular weight excluding hydrogens is 246 g/mol. The summed E-state index contributed by atoms with van der Waals surface area (Å²) in [5, 5.41) is 15.4. The van der Waals surface area contributed by atoms with E-state index in [1.807, 2.05) is 0 Å². The Morgan fingerprint density at radius 3 is 2.79 bits per heavy atom. The fourth-order valence-corrected chi connectivity index (χ4v) is 1.68. The van der Waals surface area contributed by atoms with E-state index in [-0.39, 0.29) is 18.2 Å². The molecule has 0 aromatic carbocycles. The van der Waals surface area contributed by atoms with Crippen molar-refractivity contribution in [3.63, 3.8) is 0 Å². The van der Waals surface area contributed by atoms with Gasteiger partial charge in [0.25, 0.3) is 5.91 Å². The fourth-order valence-electron chi connectivity index (χ4n) is 1.68. The lowest BCUT2D eigenvalue weighted by Crippen LogP contribution is -2.26. The number of nitrogens with one attached hydrogen (secondary N) is 1. The van der Waals surface area contributed by atoms with Gasteiger partial charge in [-0.3, -0.25) is 4.79 Å². The van der Waals surface area contributed by atoms with Crippen LogP contribution in [0.15, 0.2) is 4.52 Å². The topological polar surface area (TPSA) is 78.6 Å². The van der Waals surface area contributed by atoms with Gasteiger partial charge in [-0.15, -0.1) is 0 Å². The second kappa shape index (κ2) is 7.91. The number of aromatic nitrogens is 1. The maximum atomic E-state index is 11.8. The van der Waals surface area contributed by atoms with E-state index in [2.05, 4.69) is 29.3 Å². The van der Waals surface area contributed by atoms with E-state index in [4.69, 9.17) is 9.63 Å². The van der Waals surface area contributed by atoms with Crippen molar-refractivity contribution in [1.29, 1.82) is 0 Å². The molecule has 1 heterocycles. The van der Waals surface area contributed by atoms with Crippen LogP contribution in [-0.2, 0) is 6.61 Å². The SMILES string of the molecule is CCN(C)CCCCNC(=O)c1noc(CO)c1C. The molecule has 0 spiro atoms. The van der Waals surface area contributed by atoms with Crippen molar-refractivity contribution < 1.29 is 14.4 Å². The van der Waals surface area contributed by atoms with Crippen LogP contribution in [0.25, 0.3) is 0 Å². The Bertz CT molecular complexity index is 404. The van der Waals surface area contributed by atoms with E-state index in [0.717, 1.165) is 25.9 Å². The number of unbranched alkanes of at least 4 members (excludes halogenated alkanes) is 1. The number of aliphatic hydroxyl groups is 1. The summed E-state index contributed by atoms with van der Waals surface area (Å²) in [7, 11) is 2.08. The highest BCUT2D eigenvalue weighted by Gasteiger charge is 2.17. The Kier molecular flexibility index (Phi) is 6.52. The number of carbonyl (C=O) groups excluding carboxylic acids is 1. The Balaban J connectivity index is 2.29. The summed E-state index contributed by atoms with van der Waals surface area (Å²) in [4.78, 5) is 14.1. The van der Waals surface area contributed by atoms with Gasteiger partial charge < -0.3 is 19.8 Å². The van der Waals surface area contributed by atoms with Crippen LogP contribution in [0, 0.1) is 6.92 Å². The summed E-state index contributed by atoms with van der Waals surface area (Å²) >= 11 is 0. The molecule has 1 aromatic heterocycles. The predicted octanol–water partition coefficient (Wildman–Crippen LogP) is 0.937. The standard InChI is InChI=1S/C13H23N3O3/c1-4-16(3)8-6-5-7-14-13(18)12-10(2)11(9-17)19-15-12/h17H,4-9H2,1-3H3,(H,14,18). The van der Waals surface area contributed by atoms with Crippen molar-refractivity contribution in [3.8, 4) is 0 Å². The quantitative estimate of drug-likeness (QED) is 0.687. The number of nitrogens with zero attached hydrogens (tertiary/aromatic N) is 2. The number of rotatable bonds is 8. The first kappa shape index (κ1) is 15.7. The van der Waals surface area contributed by atoms with Crippen molar-refractivity contribution >= 4 is 5.91 Å². The second-order valence-corrected chi connectivity index (χ2v) is 4.60. The number of hydrogen-bond donors (Lipinski definition) is 2. The number of aliphatic hydroxyl groups excluding tert-OH is 1. The third-order valence-corrected chi connectivity index (χ3v) is 3.17. The minimum absolute atomic E-state index is 0.241. The Hall–Kier alpha value is -1.40. The van der Waals surface area contributed by atoms with E-state index in [9.17, 15) is 4.79 Å². The molecule has 0 unspecified atom stereocenters. The summed E-state index contributed by atoms with van der Waals surface area (Å²) in [5.74, 6) is 0.0968. The molecule has 19 heavy (non-hydrogen) atoms. The molecule has 0 saturated heterocycles. The third kappa shape index (κ3) is 4.65. The predicted molar refractivity (Wildman–Crippen MR) is 71.9 cm³/mol. The van der Waals surface area contributed by atoms with Crippen molar-refractivity contribution in [2.24, 2.45) is 0 Å². The van der Waals surface area contributed by atoms with Gasteiger partial charge >= 0.3 is 0 Å². The summed E-state index contributed by atoms with van der Waals surface area (Å²) in [6.45, 7) is 6.28. The van der Waals surface area contributed by atoms with Crippen LogP contribution in [0.4, 0.5) is 0 Å². The molecule has 0 aliphatic carbocycles. The van der Waals surface area contributed by atoms with Crippen LogP contribution in [-0.4, -0.2) is 47.8 Å². The van der Waals surface area contributed by atoms with Crippen molar-refractivity contribution in [2.75, 3.05) is 26.7 Å². The Morgan fingerprint density at radius 1 is 1.47 bits per heavy atom. The molecule has 1 aromatic rings. The first-order valence-electron chi connectivity index (χ1n) is 6.62. The van der Waals surface area contributed by atoms with E-state index < -0.39 is 0 Å². The zero-order chi connectivity index (χ0) is 14.3. The zero-order valence-corrected chi connectivity index (χ0v) is 11.9. The molecule has 108 valence electrons. The highest BCUT2D eigenvalue weighted by atomic mass is 16.5. The summed E-state index contributed by atoms with van der Waals surface area (Å²) in [5.41, 5.74) is 0.862. The molecule has 0 atom stereocenters. The van der Waals surface area contributed by atoms with E-state index >= 15 is 0 Å². The molecule has 6 nitrogen and oxygen atoms in total. The molecule has 0 bridgehead atoms. The fraction of sp³-hybridized carbons (Fsp3) is 0.692. The highest BCUT2D eigenvalue weighted by molar-refractivity contribution is 5.93. The normalized spacial score (nSPS) is 11.0. The summed E-state index contributed by atoms with van der Waals surface area (Å²) < 4.78 is 4.87. The molecule has 2 N–H and O–H groups in total. The lowest BCUT2D eigenvalue weighted by molar-refractivity contribution is 0.0942. The molecule has 0 saturated carbocycles. The molecular formula is C13H23N3O3. The first-order valence-corrected chi connectivity index (χ1v) is 6.62. The molecule has 1 amide bonds. The van der Waals surface area contributed by atoms with Gasteiger partial charge in [0.15, 0.2) is 11.5 Å². The Morgan fingerprint density at radius 2 is 2.21 bits per heavy atom. The molecule has 6 heteroatoms. The number of carbonyl (C=O) groups is 1. The average molecular weight is 269 g/mol. The van der Waals surface area contributed by atoms with Gasteiger partial charge in [-0.2, -0.15) is 0 Å². The molecule has 0 aliphatic rings. The molecule has 1 rings (SSSR count). The maximum absolute atomic E-state index is 11.8. The average Bonchev–Trinajstić information content (AvgIpc) is 2.78. The lowest BCUT2D eigenvalue weighted by atomic mass is 10.2. The van der Waals surface area contributed by atoms with Crippen LogP contribution >= 0.6 is 0 Å². The Labute approximate surface area is 113 Å². The minimum atomic E-state index is -0.246. The van der Waals surface area contributed by atoms with E-state index in [1.165, 1.54) is 0 Å². The summed E-state index contributed by atoms with van der Waals surface area (Å²) in [6.07, 6.45) is 1.98. The molecule has 0 aliphatic heterocycles. The minimum Gasteiger partial charge on any atom is -0.388 e. The number of amides is 1. The van der Waals surface area contributed by atoms with E-state index in [0.29, 0.717) is 17.9 Å². The molecule has 0 fully saturated rings. The number of hydrogen-bond acceptors (Lipinski definition) is 5. The van der Waals surface area contributed by atoms with Crippen molar-refractivity contribution in [2.45, 2.75) is 33.3 Å². The smallest absolute Gasteiger partial charge is 0.273 e. The van der Waals surface area contributed by atoms with Gasteiger partial charge in [-0.05, 0) is 39.9 Å². The maximum Gasteiger partial charge on any atom is 0.273 e. The van der Waals surface area contributed by atoms with Gasteiger partial charge in [0, 0.05) is 12.1 Å². The van der Waals surface area contributed by atoms with Crippen molar-refractivity contribution in [1.82, 2.24) is 15.4 Å². The zero-order valence-electron chi connectivity index (χ0n) is 11.9. The van der Waals surface area contributed by atoms with Gasteiger partial charge in [0.1, 0.15) is 6.61 Å². The third-order valence-electron chi connectivity index (χ3n) is 3.17.